The van der Waals surface area contributed by atoms with E-state index < -0.39 is 11.4 Å². The number of fused-ring (bicyclic) bond motifs is 2. The standard InChI is InChI=1S/C28H20N4O3S/c1-15-10-12-17(13-11-15)20-14-21(19-9-5-7-16-6-3-4-8-18(16)19)30-27-22(20)23(29)26(36-27)25(33)24-28(34)35-31-32(24)2/h3-14H,1-2H3,(H2-,29,31,33,34)/p+1. The molecular formula is C28H21N4O3S+. The van der Waals surface area contributed by atoms with Gasteiger partial charge in [-0.25, -0.2) is 9.78 Å². The highest BCUT2D eigenvalue weighted by Gasteiger charge is 2.32. The summed E-state index contributed by atoms with van der Waals surface area (Å²) in [5.41, 5.74) is 10.8. The second kappa shape index (κ2) is 8.28. The van der Waals surface area contributed by atoms with E-state index in [4.69, 9.17) is 15.2 Å². The van der Waals surface area contributed by atoms with E-state index >= 15 is 0 Å². The fraction of sp³-hybridized carbons (Fsp3) is 0.0714. The van der Waals surface area contributed by atoms with Gasteiger partial charge in [0.1, 0.15) is 9.71 Å². The molecule has 0 atom stereocenters. The third-order valence-electron chi connectivity index (χ3n) is 6.35. The van der Waals surface area contributed by atoms with Crippen LogP contribution in [-0.2, 0) is 7.05 Å². The Bertz CT molecular complexity index is 1860. The van der Waals surface area contributed by atoms with Crippen molar-refractivity contribution in [3.05, 3.63) is 99.4 Å². The monoisotopic (exact) mass is 493 g/mol. The van der Waals surface area contributed by atoms with Crippen molar-refractivity contribution >= 4 is 43.8 Å². The van der Waals surface area contributed by atoms with Crippen LogP contribution in [0.5, 0.6) is 0 Å². The molecule has 0 saturated heterocycles. The van der Waals surface area contributed by atoms with E-state index in [0.717, 1.165) is 38.7 Å². The van der Waals surface area contributed by atoms with Crippen molar-refractivity contribution in [2.24, 2.45) is 7.05 Å². The number of nitrogens with two attached hydrogens (primary N) is 1. The Kier molecular flexibility index (Phi) is 5.05. The van der Waals surface area contributed by atoms with Crippen LogP contribution < -0.4 is 16.0 Å². The predicted molar refractivity (Wildman–Crippen MR) is 141 cm³/mol. The van der Waals surface area contributed by atoms with Crippen LogP contribution in [0.25, 0.3) is 43.4 Å². The van der Waals surface area contributed by atoms with Crippen LogP contribution in [0.4, 0.5) is 5.69 Å². The molecular weight excluding hydrogens is 472 g/mol. The fourth-order valence-corrected chi connectivity index (χ4v) is 5.59. The minimum Gasteiger partial charge on any atom is -0.397 e. The van der Waals surface area contributed by atoms with E-state index in [9.17, 15) is 9.59 Å². The second-order valence-electron chi connectivity index (χ2n) is 8.69. The molecule has 3 aromatic heterocycles. The summed E-state index contributed by atoms with van der Waals surface area (Å²) in [6.45, 7) is 2.03. The van der Waals surface area contributed by atoms with Gasteiger partial charge in [0.2, 0.25) is 0 Å². The van der Waals surface area contributed by atoms with Gasteiger partial charge in [-0.15, -0.1) is 11.3 Å². The Balaban J connectivity index is 1.65. The van der Waals surface area contributed by atoms with Crippen LogP contribution in [0.15, 0.2) is 82.1 Å². The average Bonchev–Trinajstić information content (AvgIpc) is 3.41. The number of anilines is 1. The maximum Gasteiger partial charge on any atom is 0.438 e. The van der Waals surface area contributed by atoms with Crippen LogP contribution in [0.1, 0.15) is 20.9 Å². The van der Waals surface area contributed by atoms with Gasteiger partial charge in [-0.2, -0.15) is 0 Å². The number of ketones is 1. The average molecular weight is 494 g/mol. The normalized spacial score (nSPS) is 11.4. The highest BCUT2D eigenvalue weighted by Crippen LogP contribution is 2.42. The number of aromatic nitrogens is 3. The molecule has 0 spiro atoms. The Labute approximate surface area is 209 Å². The number of benzene rings is 3. The number of aromatic amines is 1. The van der Waals surface area contributed by atoms with Gasteiger partial charge in [-0.1, -0.05) is 77.0 Å². The van der Waals surface area contributed by atoms with Crippen LogP contribution in [-0.4, -0.2) is 16.0 Å². The number of pyridine rings is 1. The van der Waals surface area contributed by atoms with Gasteiger partial charge >= 0.3 is 11.3 Å². The van der Waals surface area contributed by atoms with Crippen LogP contribution in [0.3, 0.4) is 0 Å². The molecule has 0 amide bonds. The third kappa shape index (κ3) is 3.42. The summed E-state index contributed by atoms with van der Waals surface area (Å²) in [6, 6.07) is 24.5. The predicted octanol–water partition coefficient (Wildman–Crippen LogP) is 5.01. The molecule has 0 saturated carbocycles. The van der Waals surface area contributed by atoms with Crippen LogP contribution in [0.2, 0.25) is 0 Å². The lowest BCUT2D eigenvalue weighted by Gasteiger charge is -2.11. The molecule has 0 radical (unpaired) electrons. The largest absolute Gasteiger partial charge is 0.438 e. The number of carbonyl (C=O) groups is 1. The fourth-order valence-electron chi connectivity index (χ4n) is 4.53. The molecule has 7 nitrogen and oxygen atoms in total. The molecule has 0 aliphatic heterocycles. The summed E-state index contributed by atoms with van der Waals surface area (Å²) >= 11 is 1.18. The first-order valence-corrected chi connectivity index (χ1v) is 12.1. The summed E-state index contributed by atoms with van der Waals surface area (Å²) in [5.74, 6) is -0.505. The van der Waals surface area contributed by atoms with Crippen molar-refractivity contribution in [2.75, 3.05) is 5.73 Å². The van der Waals surface area contributed by atoms with Gasteiger partial charge in [-0.05, 0) is 40.2 Å². The lowest BCUT2D eigenvalue weighted by molar-refractivity contribution is -0.741. The Hall–Kier alpha value is -4.56. The first-order chi connectivity index (χ1) is 17.4. The quantitative estimate of drug-likeness (QED) is 0.265. The van der Waals surface area contributed by atoms with Gasteiger partial charge in [0.15, 0.2) is 7.05 Å². The number of hydrogen-bond acceptors (Lipinski definition) is 6. The number of rotatable bonds is 4. The molecule has 3 aromatic carbocycles. The molecule has 6 rings (SSSR count). The third-order valence-corrected chi connectivity index (χ3v) is 7.45. The highest BCUT2D eigenvalue weighted by atomic mass is 32.1. The van der Waals surface area contributed by atoms with Crippen molar-refractivity contribution < 1.29 is 14.0 Å². The zero-order valence-electron chi connectivity index (χ0n) is 19.5. The Morgan fingerprint density at radius 2 is 1.78 bits per heavy atom. The number of nitrogen functional groups attached to an aromatic ring is 1. The SMILES string of the molecule is Cc1ccc(-c2cc(-c3cccc4ccccc34)nc3sc(C(=O)c4c(=O)o[nH][n+]4C)c(N)c23)cc1. The molecule has 0 unspecified atom stereocenters. The van der Waals surface area contributed by atoms with Gasteiger partial charge in [0.25, 0.3) is 5.78 Å². The first-order valence-electron chi connectivity index (χ1n) is 11.3. The van der Waals surface area contributed by atoms with E-state index in [0.29, 0.717) is 15.9 Å². The highest BCUT2D eigenvalue weighted by molar-refractivity contribution is 7.21. The zero-order chi connectivity index (χ0) is 25.0. The second-order valence-corrected chi connectivity index (χ2v) is 9.69. The Morgan fingerprint density at radius 3 is 2.53 bits per heavy atom. The lowest BCUT2D eigenvalue weighted by atomic mass is 9.96. The number of aryl methyl sites for hydroxylation is 2. The van der Waals surface area contributed by atoms with Crippen LogP contribution >= 0.6 is 11.3 Å². The molecule has 0 bridgehead atoms. The van der Waals surface area contributed by atoms with Crippen molar-refractivity contribution in [1.29, 1.82) is 0 Å². The van der Waals surface area contributed by atoms with Gasteiger partial charge in [-0.3, -0.25) is 9.32 Å². The maximum atomic E-state index is 13.4. The number of nitrogens with zero attached hydrogens (tertiary/aromatic N) is 2. The topological polar surface area (TPSA) is 106 Å². The van der Waals surface area contributed by atoms with Crippen LogP contribution in [0, 0.1) is 6.92 Å². The van der Waals surface area contributed by atoms with Crippen molar-refractivity contribution in [3.63, 3.8) is 0 Å². The van der Waals surface area contributed by atoms with Gasteiger partial charge in [0.05, 0.1) is 11.4 Å². The molecule has 0 aliphatic rings. The van der Waals surface area contributed by atoms with Crippen molar-refractivity contribution in [2.45, 2.75) is 6.92 Å². The van der Waals surface area contributed by atoms with Gasteiger partial charge < -0.3 is 5.73 Å². The number of H-pyrrole nitrogens is 1. The van der Waals surface area contributed by atoms with Crippen molar-refractivity contribution in [3.8, 4) is 22.4 Å². The number of thiophene rings is 1. The summed E-state index contributed by atoms with van der Waals surface area (Å²) in [4.78, 5) is 31.4. The molecule has 3 N–H and O–H groups in total. The summed E-state index contributed by atoms with van der Waals surface area (Å²) in [7, 11) is 1.54. The molecule has 0 fully saturated rings. The number of nitrogens with one attached hydrogen (secondary N) is 1. The molecule has 3 heterocycles. The molecule has 8 heteroatoms. The smallest absolute Gasteiger partial charge is 0.397 e. The summed E-state index contributed by atoms with van der Waals surface area (Å²) in [5, 5.41) is 5.28. The minimum absolute atomic E-state index is 0.126. The van der Waals surface area contributed by atoms with E-state index in [1.54, 1.807) is 0 Å². The molecule has 36 heavy (non-hydrogen) atoms. The zero-order valence-corrected chi connectivity index (χ0v) is 20.3. The Morgan fingerprint density at radius 1 is 1.03 bits per heavy atom. The van der Waals surface area contributed by atoms with Gasteiger partial charge in [0, 0.05) is 10.9 Å². The summed E-state index contributed by atoms with van der Waals surface area (Å²) < 4.78 is 6.04. The first kappa shape index (κ1) is 21.9. The maximum absolute atomic E-state index is 13.4. The minimum atomic E-state index is -0.748. The van der Waals surface area contributed by atoms with E-state index in [-0.39, 0.29) is 10.6 Å². The van der Waals surface area contributed by atoms with Crippen molar-refractivity contribution in [1.82, 2.24) is 10.3 Å². The summed E-state index contributed by atoms with van der Waals surface area (Å²) in [6.07, 6.45) is 0. The van der Waals surface area contributed by atoms with E-state index in [2.05, 4.69) is 23.5 Å². The number of carbonyl (C=O) groups excluding carboxylic acids is 1. The lowest BCUT2D eigenvalue weighted by Crippen LogP contribution is -2.39. The number of hydrogen-bond donors (Lipinski definition) is 2. The van der Waals surface area contributed by atoms with E-state index in [1.165, 1.54) is 23.1 Å². The molecule has 6 aromatic rings. The van der Waals surface area contributed by atoms with E-state index in [1.807, 2.05) is 61.5 Å². The molecule has 0 aliphatic carbocycles. The molecule has 176 valence electrons.